The van der Waals surface area contributed by atoms with Crippen molar-refractivity contribution in [3.63, 3.8) is 0 Å². The van der Waals surface area contributed by atoms with Crippen molar-refractivity contribution in [2.75, 3.05) is 0 Å². The lowest BCUT2D eigenvalue weighted by atomic mass is 9.52. The molecule has 2 saturated carbocycles. The van der Waals surface area contributed by atoms with Gasteiger partial charge in [-0.15, -0.1) is 0 Å². The molecule has 41 heavy (non-hydrogen) atoms. The van der Waals surface area contributed by atoms with Crippen LogP contribution in [0, 0.1) is 5.92 Å². The number of hydrogen-bond acceptors (Lipinski definition) is 9. The zero-order valence-electron chi connectivity index (χ0n) is 21.5. The average Bonchev–Trinajstić information content (AvgIpc) is 2.91. The van der Waals surface area contributed by atoms with E-state index in [1.54, 1.807) is 66.7 Å². The summed E-state index contributed by atoms with van der Waals surface area (Å²) in [4.78, 5) is 38.8. The van der Waals surface area contributed by atoms with Crippen LogP contribution in [0.3, 0.4) is 0 Å². The SMILES string of the molecule is O=C(O)C1C(=O)[C@]2(O)C(=O)C3=C(O)c4c(O)c(-c5ccccc5)cc(-c5ccccc5)c4C[C@]3(O)C[C@]2(O)CC1O. The van der Waals surface area contributed by atoms with Crippen LogP contribution in [0.15, 0.2) is 72.3 Å². The molecular formula is C31H26O10. The quantitative estimate of drug-likeness (QED) is 0.233. The topological polar surface area (TPSA) is 193 Å². The molecule has 2 unspecified atom stereocenters. The fourth-order valence-corrected chi connectivity index (χ4v) is 6.77. The van der Waals surface area contributed by atoms with Crippen LogP contribution in [0.4, 0.5) is 0 Å². The second-order valence-corrected chi connectivity index (χ2v) is 11.0. The summed E-state index contributed by atoms with van der Waals surface area (Å²) >= 11 is 0. The summed E-state index contributed by atoms with van der Waals surface area (Å²) in [5.41, 5.74) is -7.24. The second-order valence-electron chi connectivity index (χ2n) is 11.0. The summed E-state index contributed by atoms with van der Waals surface area (Å²) in [6, 6.07) is 19.3. The van der Waals surface area contributed by atoms with Crippen molar-refractivity contribution in [3.05, 3.63) is 83.4 Å². The summed E-state index contributed by atoms with van der Waals surface area (Å²) in [5, 5.41) is 77.8. The Morgan fingerprint density at radius 1 is 0.854 bits per heavy atom. The van der Waals surface area contributed by atoms with E-state index in [0.717, 1.165) is 0 Å². The number of hydrogen-bond donors (Lipinski definition) is 7. The fourth-order valence-electron chi connectivity index (χ4n) is 6.77. The molecule has 7 N–H and O–H groups in total. The Balaban J connectivity index is 1.64. The number of phenolic OH excluding ortho intramolecular Hbond substituents is 1. The van der Waals surface area contributed by atoms with E-state index in [9.17, 15) is 50.1 Å². The first-order valence-corrected chi connectivity index (χ1v) is 12.9. The number of fused-ring (bicyclic) bond motifs is 3. The highest BCUT2D eigenvalue weighted by Gasteiger charge is 2.74. The number of ketones is 2. The number of carboxylic acid groups (broad SMARTS) is 1. The summed E-state index contributed by atoms with van der Waals surface area (Å²) in [6.07, 6.45) is -4.16. The monoisotopic (exact) mass is 558 g/mol. The van der Waals surface area contributed by atoms with E-state index in [0.29, 0.717) is 22.3 Å². The largest absolute Gasteiger partial charge is 0.507 e. The van der Waals surface area contributed by atoms with Gasteiger partial charge >= 0.3 is 5.97 Å². The second kappa shape index (κ2) is 8.82. The van der Waals surface area contributed by atoms with Gasteiger partial charge in [0.25, 0.3) is 0 Å². The molecular weight excluding hydrogens is 532 g/mol. The predicted octanol–water partition coefficient (Wildman–Crippen LogP) is 1.75. The third-order valence-corrected chi connectivity index (χ3v) is 8.64. The van der Waals surface area contributed by atoms with E-state index in [-0.39, 0.29) is 11.1 Å². The number of carboxylic acids is 1. The van der Waals surface area contributed by atoms with E-state index in [1.807, 2.05) is 0 Å². The van der Waals surface area contributed by atoms with E-state index >= 15 is 0 Å². The summed E-state index contributed by atoms with van der Waals surface area (Å²) in [6.45, 7) is 0. The standard InChI is InChI=1S/C31H26O10/c32-20-13-30(40)14-29(39)12-19-17(15-7-3-1-4-8-15)11-18(16-9-5-2-6-10-16)24(33)21(19)25(34)23(29)27(36)31(30,41)26(35)22(20)28(37)38/h1-11,20,22,32-34,39-41H,12-14H2,(H,37,38)/t20?,22?,29-,30+,31-/m0/s1. The van der Waals surface area contributed by atoms with Gasteiger partial charge < -0.3 is 35.7 Å². The van der Waals surface area contributed by atoms with Gasteiger partial charge in [-0.1, -0.05) is 60.7 Å². The van der Waals surface area contributed by atoms with Gasteiger partial charge in [-0.25, -0.2) is 0 Å². The van der Waals surface area contributed by atoms with Gasteiger partial charge in [0.1, 0.15) is 28.6 Å². The molecule has 0 saturated heterocycles. The fraction of sp³-hybridized carbons (Fsp3) is 0.258. The summed E-state index contributed by atoms with van der Waals surface area (Å²) in [7, 11) is 0. The molecule has 5 atom stereocenters. The van der Waals surface area contributed by atoms with E-state index in [4.69, 9.17) is 0 Å². The van der Waals surface area contributed by atoms with Crippen molar-refractivity contribution >= 4 is 23.3 Å². The number of Topliss-reactive ketones (excluding diaryl/α,β-unsaturated/α-hetero) is 2. The van der Waals surface area contributed by atoms with Crippen molar-refractivity contribution in [1.29, 1.82) is 0 Å². The van der Waals surface area contributed by atoms with E-state index in [2.05, 4.69) is 0 Å². The van der Waals surface area contributed by atoms with Crippen LogP contribution in [-0.4, -0.2) is 76.2 Å². The van der Waals surface area contributed by atoms with Crippen LogP contribution < -0.4 is 0 Å². The van der Waals surface area contributed by atoms with Crippen molar-refractivity contribution in [2.45, 2.75) is 42.2 Å². The molecule has 0 amide bonds. The number of phenols is 1. The summed E-state index contributed by atoms with van der Waals surface area (Å²) < 4.78 is 0. The number of benzene rings is 3. The first-order chi connectivity index (χ1) is 19.3. The lowest BCUT2D eigenvalue weighted by Gasteiger charge is -2.55. The zero-order chi connectivity index (χ0) is 29.5. The Morgan fingerprint density at radius 2 is 1.41 bits per heavy atom. The minimum Gasteiger partial charge on any atom is -0.507 e. The molecule has 3 aliphatic rings. The zero-order valence-corrected chi connectivity index (χ0v) is 21.5. The average molecular weight is 559 g/mol. The number of aliphatic hydroxyl groups excluding tert-OH is 2. The maximum Gasteiger partial charge on any atom is 0.316 e. The molecule has 0 heterocycles. The Bertz CT molecular complexity index is 1660. The maximum atomic E-state index is 13.9. The Hall–Kier alpha value is -4.35. The number of aromatic hydroxyl groups is 1. The van der Waals surface area contributed by atoms with Gasteiger partial charge in [0, 0.05) is 24.8 Å². The van der Waals surface area contributed by atoms with E-state index < -0.39 is 82.7 Å². The highest BCUT2D eigenvalue weighted by Crippen LogP contribution is 2.56. The highest BCUT2D eigenvalue weighted by atomic mass is 16.4. The number of carbonyl (C=O) groups excluding carboxylic acids is 2. The maximum absolute atomic E-state index is 13.9. The van der Waals surface area contributed by atoms with Crippen LogP contribution in [0.2, 0.25) is 0 Å². The Morgan fingerprint density at radius 3 is 1.98 bits per heavy atom. The van der Waals surface area contributed by atoms with Crippen molar-refractivity contribution in [1.82, 2.24) is 0 Å². The molecule has 0 aliphatic heterocycles. The Kier molecular flexibility index (Phi) is 5.78. The van der Waals surface area contributed by atoms with Gasteiger partial charge in [0.15, 0.2) is 5.78 Å². The molecule has 0 bridgehead atoms. The molecule has 10 heteroatoms. The molecule has 3 aromatic rings. The Labute approximate surface area is 233 Å². The number of carbonyl (C=O) groups is 3. The predicted molar refractivity (Wildman–Crippen MR) is 143 cm³/mol. The highest BCUT2D eigenvalue weighted by molar-refractivity contribution is 6.26. The molecule has 10 nitrogen and oxygen atoms in total. The lowest BCUT2D eigenvalue weighted by Crippen LogP contribution is -2.77. The van der Waals surface area contributed by atoms with Gasteiger partial charge in [-0.05, 0) is 28.3 Å². The minimum atomic E-state index is -3.38. The molecule has 3 aromatic carbocycles. The normalized spacial score (nSPS) is 30.8. The first-order valence-electron chi connectivity index (χ1n) is 12.9. The summed E-state index contributed by atoms with van der Waals surface area (Å²) in [5.74, 6) is -8.62. The molecule has 6 rings (SSSR count). The van der Waals surface area contributed by atoms with Crippen LogP contribution in [0.25, 0.3) is 28.0 Å². The van der Waals surface area contributed by atoms with Gasteiger partial charge in [-0.2, -0.15) is 0 Å². The van der Waals surface area contributed by atoms with E-state index in [1.165, 1.54) is 0 Å². The first kappa shape index (κ1) is 26.9. The van der Waals surface area contributed by atoms with Crippen LogP contribution in [0.5, 0.6) is 5.75 Å². The molecule has 3 aliphatic carbocycles. The smallest absolute Gasteiger partial charge is 0.316 e. The van der Waals surface area contributed by atoms with Crippen LogP contribution in [-0.2, 0) is 20.8 Å². The third kappa shape index (κ3) is 3.55. The van der Waals surface area contributed by atoms with Gasteiger partial charge in [0.2, 0.25) is 11.4 Å². The third-order valence-electron chi connectivity index (χ3n) is 8.64. The number of rotatable bonds is 3. The lowest BCUT2D eigenvalue weighted by molar-refractivity contribution is -0.224. The van der Waals surface area contributed by atoms with Crippen LogP contribution >= 0.6 is 0 Å². The molecule has 2 fully saturated rings. The number of aliphatic carboxylic acids is 1. The van der Waals surface area contributed by atoms with Crippen LogP contribution in [0.1, 0.15) is 24.0 Å². The molecule has 210 valence electrons. The number of aliphatic hydroxyl groups is 5. The van der Waals surface area contributed by atoms with Crippen molar-refractivity contribution in [2.24, 2.45) is 5.92 Å². The van der Waals surface area contributed by atoms with Gasteiger partial charge in [-0.3, -0.25) is 14.4 Å². The molecule has 0 aromatic heterocycles. The molecule has 0 spiro atoms. The minimum absolute atomic E-state index is 0.203. The van der Waals surface area contributed by atoms with Crippen molar-refractivity contribution < 1.29 is 50.1 Å². The molecule has 0 radical (unpaired) electrons. The van der Waals surface area contributed by atoms with Crippen molar-refractivity contribution in [3.8, 4) is 28.0 Å². The van der Waals surface area contributed by atoms with Gasteiger partial charge in [0.05, 0.1) is 17.2 Å².